The van der Waals surface area contributed by atoms with Crippen molar-refractivity contribution in [1.82, 2.24) is 15.3 Å². The van der Waals surface area contributed by atoms with Crippen molar-refractivity contribution in [2.45, 2.75) is 19.3 Å². The van der Waals surface area contributed by atoms with E-state index in [0.717, 1.165) is 49.1 Å². The van der Waals surface area contributed by atoms with Crippen LogP contribution < -0.4 is 30.7 Å². The molecule has 2 heterocycles. The van der Waals surface area contributed by atoms with Gasteiger partial charge in [-0.1, -0.05) is 6.58 Å². The molecule has 1 aliphatic rings. The fraction of sp³-hybridized carbons (Fsp3) is 0.476. The van der Waals surface area contributed by atoms with Crippen molar-refractivity contribution in [1.29, 1.82) is 0 Å². The summed E-state index contributed by atoms with van der Waals surface area (Å²) in [5.41, 5.74) is 6.36. The SMILES string of the molecule is C=CC(=O)NCCCNc1nc(N2CCCC2)nc2cc(OCCN)c(OC)cc12. The van der Waals surface area contributed by atoms with E-state index in [0.29, 0.717) is 43.7 Å². The molecule has 0 unspecified atom stereocenters. The normalized spacial score (nSPS) is 13.3. The van der Waals surface area contributed by atoms with Gasteiger partial charge in [0.1, 0.15) is 12.4 Å². The molecule has 30 heavy (non-hydrogen) atoms. The molecule has 1 fully saturated rings. The molecule has 0 radical (unpaired) electrons. The first-order valence-corrected chi connectivity index (χ1v) is 10.3. The second-order valence-corrected chi connectivity index (χ2v) is 7.00. The number of carbonyl (C=O) groups excluding carboxylic acids is 1. The van der Waals surface area contributed by atoms with Gasteiger partial charge in [-0.3, -0.25) is 4.79 Å². The topological polar surface area (TPSA) is 115 Å². The quantitative estimate of drug-likeness (QED) is 0.376. The Morgan fingerprint density at radius 1 is 1.27 bits per heavy atom. The summed E-state index contributed by atoms with van der Waals surface area (Å²) >= 11 is 0. The van der Waals surface area contributed by atoms with Gasteiger partial charge in [-0.15, -0.1) is 0 Å². The molecule has 1 aromatic heterocycles. The van der Waals surface area contributed by atoms with Gasteiger partial charge in [0.25, 0.3) is 0 Å². The van der Waals surface area contributed by atoms with E-state index in [1.165, 1.54) is 6.08 Å². The average molecular weight is 415 g/mol. The van der Waals surface area contributed by atoms with Gasteiger partial charge in [0.2, 0.25) is 11.9 Å². The van der Waals surface area contributed by atoms with Crippen molar-refractivity contribution < 1.29 is 14.3 Å². The summed E-state index contributed by atoms with van der Waals surface area (Å²) in [5, 5.41) is 7.01. The summed E-state index contributed by atoms with van der Waals surface area (Å²) in [6, 6.07) is 3.76. The van der Waals surface area contributed by atoms with Crippen molar-refractivity contribution >= 4 is 28.6 Å². The number of fused-ring (bicyclic) bond motifs is 1. The zero-order valence-electron chi connectivity index (χ0n) is 17.4. The third-order valence-corrected chi connectivity index (χ3v) is 4.86. The highest BCUT2D eigenvalue weighted by atomic mass is 16.5. The number of nitrogens with zero attached hydrogens (tertiary/aromatic N) is 3. The summed E-state index contributed by atoms with van der Waals surface area (Å²) in [5.74, 6) is 2.49. The van der Waals surface area contributed by atoms with Gasteiger partial charge >= 0.3 is 0 Å². The molecule has 162 valence electrons. The molecule has 0 bridgehead atoms. The van der Waals surface area contributed by atoms with E-state index in [1.807, 2.05) is 12.1 Å². The number of nitrogens with two attached hydrogens (primary N) is 1. The summed E-state index contributed by atoms with van der Waals surface area (Å²) in [6.07, 6.45) is 4.30. The summed E-state index contributed by atoms with van der Waals surface area (Å²) in [4.78, 5) is 23.0. The van der Waals surface area contributed by atoms with Crippen LogP contribution >= 0.6 is 0 Å². The monoisotopic (exact) mass is 414 g/mol. The molecule has 4 N–H and O–H groups in total. The molecule has 0 saturated carbocycles. The summed E-state index contributed by atoms with van der Waals surface area (Å²) in [7, 11) is 1.60. The molecule has 1 aliphatic heterocycles. The molecule has 1 aromatic carbocycles. The number of rotatable bonds is 11. The third-order valence-electron chi connectivity index (χ3n) is 4.86. The fourth-order valence-electron chi connectivity index (χ4n) is 3.34. The summed E-state index contributed by atoms with van der Waals surface area (Å²) in [6.45, 7) is 7.37. The first kappa shape index (κ1) is 21.6. The standard InChI is InChI=1S/C21H30N6O3/c1-3-19(28)23-8-6-9-24-20-15-13-17(29-2)18(30-12-7-22)14-16(15)25-21(26-20)27-10-4-5-11-27/h3,13-14H,1,4-12,22H2,2H3,(H,23,28)(H,24,25,26). The van der Waals surface area contributed by atoms with Crippen LogP contribution in [0.3, 0.4) is 0 Å². The summed E-state index contributed by atoms with van der Waals surface area (Å²) < 4.78 is 11.2. The van der Waals surface area contributed by atoms with Gasteiger partial charge in [0.15, 0.2) is 11.5 Å². The van der Waals surface area contributed by atoms with Crippen LogP contribution in [0.4, 0.5) is 11.8 Å². The largest absolute Gasteiger partial charge is 0.493 e. The van der Waals surface area contributed by atoms with Crippen LogP contribution in [0.1, 0.15) is 19.3 Å². The average Bonchev–Trinajstić information content (AvgIpc) is 3.31. The minimum absolute atomic E-state index is 0.173. The van der Waals surface area contributed by atoms with Gasteiger partial charge in [0, 0.05) is 44.2 Å². The Balaban J connectivity index is 1.87. The lowest BCUT2D eigenvalue weighted by molar-refractivity contribution is -0.116. The Bertz CT molecular complexity index is 883. The number of hydrogen-bond acceptors (Lipinski definition) is 8. The van der Waals surface area contributed by atoms with E-state index >= 15 is 0 Å². The van der Waals surface area contributed by atoms with Crippen molar-refractivity contribution in [2.75, 3.05) is 56.7 Å². The minimum Gasteiger partial charge on any atom is -0.493 e. The Labute approximate surface area is 176 Å². The van der Waals surface area contributed by atoms with Crippen LogP contribution in [-0.2, 0) is 4.79 Å². The highest BCUT2D eigenvalue weighted by Crippen LogP contribution is 2.35. The van der Waals surface area contributed by atoms with Gasteiger partial charge in [-0.25, -0.2) is 4.98 Å². The van der Waals surface area contributed by atoms with E-state index in [1.54, 1.807) is 7.11 Å². The van der Waals surface area contributed by atoms with Crippen LogP contribution in [-0.4, -0.2) is 62.3 Å². The molecule has 0 spiro atoms. The maximum Gasteiger partial charge on any atom is 0.243 e. The predicted molar refractivity (Wildman–Crippen MR) is 118 cm³/mol. The van der Waals surface area contributed by atoms with Crippen LogP contribution in [0.2, 0.25) is 0 Å². The number of nitrogens with one attached hydrogen (secondary N) is 2. The van der Waals surface area contributed by atoms with Gasteiger partial charge < -0.3 is 30.7 Å². The van der Waals surface area contributed by atoms with Crippen molar-refractivity contribution in [3.8, 4) is 11.5 Å². The van der Waals surface area contributed by atoms with Gasteiger partial charge in [-0.2, -0.15) is 4.98 Å². The van der Waals surface area contributed by atoms with Crippen LogP contribution in [0, 0.1) is 0 Å². The molecule has 9 nitrogen and oxygen atoms in total. The zero-order valence-corrected chi connectivity index (χ0v) is 17.4. The second-order valence-electron chi connectivity index (χ2n) is 7.00. The number of benzene rings is 1. The third kappa shape index (κ3) is 5.29. The maximum absolute atomic E-state index is 11.3. The molecule has 1 saturated heterocycles. The maximum atomic E-state index is 11.3. The highest BCUT2D eigenvalue weighted by Gasteiger charge is 2.19. The molecule has 0 aliphatic carbocycles. The highest BCUT2D eigenvalue weighted by molar-refractivity contribution is 5.92. The van der Waals surface area contributed by atoms with E-state index in [4.69, 9.17) is 25.2 Å². The first-order chi connectivity index (χ1) is 14.7. The predicted octanol–water partition coefficient (Wildman–Crippen LogP) is 1.68. The Morgan fingerprint density at radius 2 is 2.07 bits per heavy atom. The lowest BCUT2D eigenvalue weighted by atomic mass is 10.2. The number of hydrogen-bond donors (Lipinski definition) is 3. The lowest BCUT2D eigenvalue weighted by Gasteiger charge is -2.19. The number of aromatic nitrogens is 2. The van der Waals surface area contributed by atoms with Gasteiger partial charge in [-0.05, 0) is 31.4 Å². The smallest absolute Gasteiger partial charge is 0.243 e. The Kier molecular flexibility index (Phi) is 7.67. The first-order valence-electron chi connectivity index (χ1n) is 10.3. The molecule has 1 amide bonds. The molecule has 9 heteroatoms. The number of carbonyl (C=O) groups is 1. The van der Waals surface area contributed by atoms with Crippen molar-refractivity contribution in [2.24, 2.45) is 5.73 Å². The molecular formula is C21H30N6O3. The number of anilines is 2. The van der Waals surface area contributed by atoms with Crippen molar-refractivity contribution in [3.63, 3.8) is 0 Å². The molecule has 2 aromatic rings. The van der Waals surface area contributed by atoms with Crippen LogP contribution in [0.15, 0.2) is 24.8 Å². The molecule has 3 rings (SSSR count). The van der Waals surface area contributed by atoms with Crippen LogP contribution in [0.5, 0.6) is 11.5 Å². The Hall–Kier alpha value is -3.07. The minimum atomic E-state index is -0.173. The fourth-order valence-corrected chi connectivity index (χ4v) is 3.34. The Morgan fingerprint density at radius 3 is 2.77 bits per heavy atom. The van der Waals surface area contributed by atoms with E-state index in [-0.39, 0.29) is 5.91 Å². The van der Waals surface area contributed by atoms with E-state index in [2.05, 4.69) is 22.1 Å². The second kappa shape index (κ2) is 10.6. The van der Waals surface area contributed by atoms with E-state index in [9.17, 15) is 4.79 Å². The molecular weight excluding hydrogens is 384 g/mol. The molecule has 0 atom stereocenters. The lowest BCUT2D eigenvalue weighted by Crippen LogP contribution is -2.24. The van der Waals surface area contributed by atoms with Crippen molar-refractivity contribution in [3.05, 3.63) is 24.8 Å². The number of methoxy groups -OCH3 is 1. The van der Waals surface area contributed by atoms with Gasteiger partial charge in [0.05, 0.1) is 12.6 Å². The number of ether oxygens (including phenoxy) is 2. The van der Waals surface area contributed by atoms with Crippen LogP contribution in [0.25, 0.3) is 10.9 Å². The van der Waals surface area contributed by atoms with E-state index < -0.39 is 0 Å². The number of amides is 1. The zero-order chi connectivity index (χ0) is 21.3.